The average molecular weight is 305 g/mol. The van der Waals surface area contributed by atoms with Crippen molar-refractivity contribution in [1.82, 2.24) is 4.90 Å². The summed E-state index contributed by atoms with van der Waals surface area (Å²) in [6.45, 7) is 5.38. The van der Waals surface area contributed by atoms with Crippen LogP contribution < -0.4 is 0 Å². The van der Waals surface area contributed by atoms with E-state index in [4.69, 9.17) is 9.84 Å². The van der Waals surface area contributed by atoms with Gasteiger partial charge in [0, 0.05) is 25.1 Å². The van der Waals surface area contributed by atoms with Crippen molar-refractivity contribution < 1.29 is 14.9 Å². The van der Waals surface area contributed by atoms with Crippen LogP contribution in [0.4, 0.5) is 0 Å². The molecule has 1 aromatic rings. The van der Waals surface area contributed by atoms with E-state index in [1.807, 2.05) is 19.1 Å². The number of hydrogen-bond donors (Lipinski definition) is 2. The molecule has 4 nitrogen and oxygen atoms in total. The highest BCUT2D eigenvalue weighted by Gasteiger charge is 2.43. The fourth-order valence-corrected chi connectivity index (χ4v) is 3.87. The first-order chi connectivity index (χ1) is 10.6. The third-order valence-corrected chi connectivity index (χ3v) is 5.32. The number of rotatable bonds is 4. The first-order valence-corrected chi connectivity index (χ1v) is 8.33. The molecule has 22 heavy (non-hydrogen) atoms. The van der Waals surface area contributed by atoms with E-state index < -0.39 is 5.60 Å². The molecule has 0 bridgehead atoms. The Kier molecular flexibility index (Phi) is 4.83. The van der Waals surface area contributed by atoms with Crippen LogP contribution in [0.5, 0.6) is 0 Å². The molecule has 2 heterocycles. The summed E-state index contributed by atoms with van der Waals surface area (Å²) in [5, 5.41) is 19.8. The zero-order valence-electron chi connectivity index (χ0n) is 13.4. The molecule has 0 spiro atoms. The van der Waals surface area contributed by atoms with Crippen LogP contribution in [0.2, 0.25) is 0 Å². The van der Waals surface area contributed by atoms with Gasteiger partial charge in [0.15, 0.2) is 0 Å². The lowest BCUT2D eigenvalue weighted by Gasteiger charge is -2.43. The molecule has 122 valence electrons. The predicted octanol–water partition coefficient (Wildman–Crippen LogP) is 1.93. The van der Waals surface area contributed by atoms with Crippen molar-refractivity contribution in [1.29, 1.82) is 0 Å². The molecule has 0 radical (unpaired) electrons. The molecule has 2 aliphatic rings. The first-order valence-electron chi connectivity index (χ1n) is 8.33. The van der Waals surface area contributed by atoms with Crippen LogP contribution >= 0.6 is 0 Å². The molecule has 1 aromatic carbocycles. The summed E-state index contributed by atoms with van der Waals surface area (Å²) >= 11 is 0. The minimum atomic E-state index is -0.619. The van der Waals surface area contributed by atoms with Gasteiger partial charge in [0.2, 0.25) is 0 Å². The average Bonchev–Trinajstić information content (AvgIpc) is 2.95. The van der Waals surface area contributed by atoms with Crippen LogP contribution in [0, 0.1) is 5.92 Å². The maximum Gasteiger partial charge on any atom is 0.0706 e. The van der Waals surface area contributed by atoms with Gasteiger partial charge in [-0.25, -0.2) is 0 Å². The molecule has 3 rings (SSSR count). The highest BCUT2D eigenvalue weighted by Crippen LogP contribution is 2.36. The molecule has 2 aliphatic heterocycles. The Morgan fingerprint density at radius 3 is 2.68 bits per heavy atom. The number of ether oxygens (including phenoxy) is 1. The lowest BCUT2D eigenvalue weighted by atomic mass is 9.79. The summed E-state index contributed by atoms with van der Waals surface area (Å²) in [6, 6.07) is 8.56. The van der Waals surface area contributed by atoms with Crippen LogP contribution in [-0.4, -0.2) is 46.5 Å². The van der Waals surface area contributed by atoms with Gasteiger partial charge >= 0.3 is 0 Å². The van der Waals surface area contributed by atoms with E-state index in [9.17, 15) is 5.11 Å². The van der Waals surface area contributed by atoms with E-state index in [2.05, 4.69) is 17.0 Å². The zero-order chi connectivity index (χ0) is 15.6. The van der Waals surface area contributed by atoms with Crippen LogP contribution in [-0.2, 0) is 17.9 Å². The second-order valence-corrected chi connectivity index (χ2v) is 6.94. The van der Waals surface area contributed by atoms with E-state index >= 15 is 0 Å². The van der Waals surface area contributed by atoms with Crippen molar-refractivity contribution in [3.05, 3.63) is 35.4 Å². The fourth-order valence-electron chi connectivity index (χ4n) is 3.87. The van der Waals surface area contributed by atoms with Gasteiger partial charge in [0.1, 0.15) is 0 Å². The molecule has 3 atom stereocenters. The Hall–Kier alpha value is -0.940. The Morgan fingerprint density at radius 2 is 2.00 bits per heavy atom. The molecule has 0 unspecified atom stereocenters. The van der Waals surface area contributed by atoms with Crippen molar-refractivity contribution in [2.75, 3.05) is 19.8 Å². The molecule has 0 aliphatic carbocycles. The number of likely N-dealkylation sites (tertiary alicyclic amines) is 1. The number of benzene rings is 1. The van der Waals surface area contributed by atoms with Gasteiger partial charge in [-0.05, 0) is 43.9 Å². The normalized spacial score (nSPS) is 33.2. The highest BCUT2D eigenvalue weighted by molar-refractivity contribution is 5.22. The number of hydrogen-bond acceptors (Lipinski definition) is 4. The molecule has 4 heteroatoms. The SMILES string of the molecule is C[C@]1(O)CCOC[C@H]1[C@@H]1CCCN1Cc1ccc(CO)cc1. The smallest absolute Gasteiger partial charge is 0.0706 e. The first kappa shape index (κ1) is 15.9. The maximum atomic E-state index is 10.7. The molecule has 0 saturated carbocycles. The monoisotopic (exact) mass is 305 g/mol. The quantitative estimate of drug-likeness (QED) is 0.892. The summed E-state index contributed by atoms with van der Waals surface area (Å²) in [7, 11) is 0. The van der Waals surface area contributed by atoms with Gasteiger partial charge in [-0.2, -0.15) is 0 Å². The Balaban J connectivity index is 1.69. The Labute approximate surface area is 132 Å². The predicted molar refractivity (Wildman–Crippen MR) is 85.3 cm³/mol. The second kappa shape index (κ2) is 6.67. The number of aliphatic hydroxyl groups excluding tert-OH is 1. The van der Waals surface area contributed by atoms with Gasteiger partial charge < -0.3 is 14.9 Å². The van der Waals surface area contributed by atoms with Crippen LogP contribution in [0.25, 0.3) is 0 Å². The summed E-state index contributed by atoms with van der Waals surface area (Å²) in [4.78, 5) is 2.49. The largest absolute Gasteiger partial charge is 0.392 e. The van der Waals surface area contributed by atoms with E-state index in [0.717, 1.165) is 31.5 Å². The van der Waals surface area contributed by atoms with Crippen molar-refractivity contribution in [2.24, 2.45) is 5.92 Å². The van der Waals surface area contributed by atoms with Crippen molar-refractivity contribution in [2.45, 2.75) is 51.0 Å². The van der Waals surface area contributed by atoms with Crippen molar-refractivity contribution >= 4 is 0 Å². The minimum Gasteiger partial charge on any atom is -0.392 e. The van der Waals surface area contributed by atoms with Crippen LogP contribution in [0.15, 0.2) is 24.3 Å². The van der Waals surface area contributed by atoms with Crippen LogP contribution in [0.1, 0.15) is 37.3 Å². The summed E-state index contributed by atoms with van der Waals surface area (Å²) in [5.74, 6) is 0.195. The molecular formula is C18H27NO3. The Morgan fingerprint density at radius 1 is 1.27 bits per heavy atom. The third kappa shape index (κ3) is 3.35. The van der Waals surface area contributed by atoms with E-state index in [0.29, 0.717) is 19.3 Å². The van der Waals surface area contributed by atoms with Gasteiger partial charge in [-0.3, -0.25) is 4.90 Å². The molecular weight excluding hydrogens is 278 g/mol. The van der Waals surface area contributed by atoms with E-state index in [-0.39, 0.29) is 12.5 Å². The minimum absolute atomic E-state index is 0.0922. The zero-order valence-corrected chi connectivity index (χ0v) is 13.4. The molecule has 2 saturated heterocycles. The summed E-state index contributed by atoms with van der Waals surface area (Å²) < 4.78 is 5.64. The topological polar surface area (TPSA) is 52.9 Å². The molecule has 2 N–H and O–H groups in total. The van der Waals surface area contributed by atoms with Gasteiger partial charge in [0.25, 0.3) is 0 Å². The van der Waals surface area contributed by atoms with Gasteiger partial charge in [0.05, 0.1) is 18.8 Å². The highest BCUT2D eigenvalue weighted by atomic mass is 16.5. The summed E-state index contributed by atoms with van der Waals surface area (Å²) in [6.07, 6.45) is 3.05. The number of aliphatic hydroxyl groups is 2. The Bertz CT molecular complexity index is 486. The van der Waals surface area contributed by atoms with Gasteiger partial charge in [-0.15, -0.1) is 0 Å². The van der Waals surface area contributed by atoms with E-state index in [1.54, 1.807) is 0 Å². The second-order valence-electron chi connectivity index (χ2n) is 6.94. The van der Waals surface area contributed by atoms with Gasteiger partial charge in [-0.1, -0.05) is 24.3 Å². The number of nitrogens with zero attached hydrogens (tertiary/aromatic N) is 1. The van der Waals surface area contributed by atoms with Crippen molar-refractivity contribution in [3.63, 3.8) is 0 Å². The molecule has 2 fully saturated rings. The molecule has 0 aromatic heterocycles. The molecule has 0 amide bonds. The van der Waals surface area contributed by atoms with Crippen molar-refractivity contribution in [3.8, 4) is 0 Å². The third-order valence-electron chi connectivity index (χ3n) is 5.32. The van der Waals surface area contributed by atoms with Crippen LogP contribution in [0.3, 0.4) is 0 Å². The summed E-state index contributed by atoms with van der Waals surface area (Å²) in [5.41, 5.74) is 1.59. The maximum absolute atomic E-state index is 10.7. The fraction of sp³-hybridized carbons (Fsp3) is 0.667. The van der Waals surface area contributed by atoms with E-state index in [1.165, 1.54) is 12.0 Å². The lowest BCUT2D eigenvalue weighted by molar-refractivity contribution is -0.123. The lowest BCUT2D eigenvalue weighted by Crippen LogP contribution is -2.52. The standard InChI is InChI=1S/C18H27NO3/c1-18(21)8-10-22-13-16(18)17-3-2-9-19(17)11-14-4-6-15(12-20)7-5-14/h4-7,16-17,20-21H,2-3,8-13H2,1H3/t16-,17-,18-/m0/s1.